The SMILES string of the molecule is CC1CCN(c2ncc(Cl)cc2Br)C1. The summed E-state index contributed by atoms with van der Waals surface area (Å²) in [5.74, 6) is 1.78. The fraction of sp³-hybridized carbons (Fsp3) is 0.500. The molecule has 0 amide bonds. The lowest BCUT2D eigenvalue weighted by Gasteiger charge is -2.18. The van der Waals surface area contributed by atoms with E-state index in [4.69, 9.17) is 11.6 Å². The molecule has 1 aromatic rings. The molecule has 0 aromatic carbocycles. The Morgan fingerprint density at radius 3 is 3.00 bits per heavy atom. The van der Waals surface area contributed by atoms with Crippen LogP contribution >= 0.6 is 27.5 Å². The highest BCUT2D eigenvalue weighted by atomic mass is 79.9. The summed E-state index contributed by atoms with van der Waals surface area (Å²) in [6.45, 7) is 4.45. The van der Waals surface area contributed by atoms with Gasteiger partial charge in [-0.15, -0.1) is 0 Å². The van der Waals surface area contributed by atoms with Gasteiger partial charge in [0, 0.05) is 19.3 Å². The van der Waals surface area contributed by atoms with Gasteiger partial charge in [0.25, 0.3) is 0 Å². The lowest BCUT2D eigenvalue weighted by molar-refractivity contribution is 0.659. The summed E-state index contributed by atoms with van der Waals surface area (Å²) in [7, 11) is 0. The Morgan fingerprint density at radius 2 is 2.43 bits per heavy atom. The summed E-state index contributed by atoms with van der Waals surface area (Å²) in [6.07, 6.45) is 2.95. The minimum absolute atomic E-state index is 0.674. The predicted molar refractivity (Wildman–Crippen MR) is 62.9 cm³/mol. The topological polar surface area (TPSA) is 16.1 Å². The molecule has 2 nitrogen and oxygen atoms in total. The Bertz CT molecular complexity index is 343. The standard InChI is InChI=1S/C10H12BrClN2/c1-7-2-3-14(6-7)10-9(11)4-8(12)5-13-10/h4-5,7H,2-3,6H2,1H3. The molecule has 1 atom stereocenters. The van der Waals surface area contributed by atoms with Crippen LogP contribution in [0.5, 0.6) is 0 Å². The van der Waals surface area contributed by atoms with Gasteiger partial charge in [0.05, 0.1) is 9.50 Å². The van der Waals surface area contributed by atoms with E-state index in [-0.39, 0.29) is 0 Å². The highest BCUT2D eigenvalue weighted by molar-refractivity contribution is 9.10. The van der Waals surface area contributed by atoms with Gasteiger partial charge >= 0.3 is 0 Å². The minimum atomic E-state index is 0.674. The van der Waals surface area contributed by atoms with Crippen molar-refractivity contribution in [2.24, 2.45) is 5.92 Å². The molecule has 1 aliphatic rings. The fourth-order valence-corrected chi connectivity index (χ4v) is 2.66. The van der Waals surface area contributed by atoms with Crippen LogP contribution in [-0.2, 0) is 0 Å². The van der Waals surface area contributed by atoms with Crippen LogP contribution < -0.4 is 4.90 Å². The van der Waals surface area contributed by atoms with E-state index in [0.29, 0.717) is 5.02 Å². The van der Waals surface area contributed by atoms with E-state index >= 15 is 0 Å². The van der Waals surface area contributed by atoms with E-state index in [1.807, 2.05) is 6.07 Å². The van der Waals surface area contributed by atoms with Crippen molar-refractivity contribution >= 4 is 33.3 Å². The number of aromatic nitrogens is 1. The van der Waals surface area contributed by atoms with Crippen LogP contribution in [0.3, 0.4) is 0 Å². The molecule has 0 bridgehead atoms. The Morgan fingerprint density at radius 1 is 1.64 bits per heavy atom. The Balaban J connectivity index is 2.24. The van der Waals surface area contributed by atoms with Crippen molar-refractivity contribution in [3.05, 3.63) is 21.8 Å². The van der Waals surface area contributed by atoms with Crippen molar-refractivity contribution in [1.29, 1.82) is 0 Å². The second-order valence-corrected chi connectivity index (χ2v) is 5.09. The van der Waals surface area contributed by atoms with Crippen LogP contribution in [0.4, 0.5) is 5.82 Å². The summed E-state index contributed by atoms with van der Waals surface area (Å²) < 4.78 is 0.985. The molecule has 0 saturated carbocycles. The zero-order valence-electron chi connectivity index (χ0n) is 8.00. The number of hydrogen-bond acceptors (Lipinski definition) is 2. The van der Waals surface area contributed by atoms with Crippen LogP contribution in [-0.4, -0.2) is 18.1 Å². The molecule has 0 radical (unpaired) electrons. The molecule has 1 unspecified atom stereocenters. The average molecular weight is 276 g/mol. The third-order valence-corrected chi connectivity index (χ3v) is 3.30. The van der Waals surface area contributed by atoms with Crippen LogP contribution in [0.25, 0.3) is 0 Å². The zero-order chi connectivity index (χ0) is 10.1. The number of pyridine rings is 1. The number of halogens is 2. The number of anilines is 1. The van der Waals surface area contributed by atoms with Gasteiger partial charge in [-0.25, -0.2) is 4.98 Å². The predicted octanol–water partition coefficient (Wildman–Crippen LogP) is 3.34. The maximum Gasteiger partial charge on any atom is 0.142 e. The molecule has 2 heterocycles. The molecule has 0 spiro atoms. The first-order valence-corrected chi connectivity index (χ1v) is 5.90. The third kappa shape index (κ3) is 2.04. The summed E-state index contributed by atoms with van der Waals surface area (Å²) in [4.78, 5) is 6.64. The molecule has 14 heavy (non-hydrogen) atoms. The van der Waals surface area contributed by atoms with Gasteiger partial charge in [0.2, 0.25) is 0 Å². The van der Waals surface area contributed by atoms with E-state index in [1.165, 1.54) is 6.42 Å². The zero-order valence-corrected chi connectivity index (χ0v) is 10.3. The second-order valence-electron chi connectivity index (χ2n) is 3.80. The molecule has 2 rings (SSSR count). The monoisotopic (exact) mass is 274 g/mol. The van der Waals surface area contributed by atoms with E-state index < -0.39 is 0 Å². The molecule has 0 N–H and O–H groups in total. The van der Waals surface area contributed by atoms with Crippen LogP contribution in [0.15, 0.2) is 16.7 Å². The van der Waals surface area contributed by atoms with Gasteiger partial charge < -0.3 is 4.90 Å². The number of nitrogens with zero attached hydrogens (tertiary/aromatic N) is 2. The van der Waals surface area contributed by atoms with E-state index in [1.54, 1.807) is 6.20 Å². The van der Waals surface area contributed by atoms with Crippen molar-refractivity contribution < 1.29 is 0 Å². The smallest absolute Gasteiger partial charge is 0.142 e. The molecule has 4 heteroatoms. The normalized spacial score (nSPS) is 21.6. The lowest BCUT2D eigenvalue weighted by atomic mass is 10.2. The van der Waals surface area contributed by atoms with Gasteiger partial charge in [-0.3, -0.25) is 0 Å². The fourth-order valence-electron chi connectivity index (χ4n) is 1.77. The van der Waals surface area contributed by atoms with Crippen molar-refractivity contribution in [3.8, 4) is 0 Å². The maximum atomic E-state index is 5.84. The average Bonchev–Trinajstić information content (AvgIpc) is 2.51. The van der Waals surface area contributed by atoms with Crippen molar-refractivity contribution in [2.45, 2.75) is 13.3 Å². The van der Waals surface area contributed by atoms with E-state index in [2.05, 4.69) is 32.7 Å². The van der Waals surface area contributed by atoms with Crippen molar-refractivity contribution in [3.63, 3.8) is 0 Å². The Labute approximate surface area is 97.4 Å². The van der Waals surface area contributed by atoms with Crippen LogP contribution in [0.2, 0.25) is 5.02 Å². The Hall–Kier alpha value is -0.280. The first-order valence-electron chi connectivity index (χ1n) is 4.73. The molecule has 1 fully saturated rings. The molecular weight excluding hydrogens is 263 g/mol. The third-order valence-electron chi connectivity index (χ3n) is 2.51. The summed E-state index contributed by atoms with van der Waals surface area (Å²) in [5.41, 5.74) is 0. The largest absolute Gasteiger partial charge is 0.355 e. The summed E-state index contributed by atoms with van der Waals surface area (Å²) in [5, 5.41) is 0.674. The van der Waals surface area contributed by atoms with Gasteiger partial charge in [-0.2, -0.15) is 0 Å². The summed E-state index contributed by atoms with van der Waals surface area (Å²) >= 11 is 9.33. The molecule has 1 aromatic heterocycles. The molecule has 1 aliphatic heterocycles. The van der Waals surface area contributed by atoms with Crippen LogP contribution in [0.1, 0.15) is 13.3 Å². The summed E-state index contributed by atoms with van der Waals surface area (Å²) in [6, 6.07) is 1.90. The number of rotatable bonds is 1. The molecule has 76 valence electrons. The number of hydrogen-bond donors (Lipinski definition) is 0. The highest BCUT2D eigenvalue weighted by Gasteiger charge is 2.21. The maximum absolute atomic E-state index is 5.84. The van der Waals surface area contributed by atoms with Gasteiger partial charge in [-0.05, 0) is 34.3 Å². The van der Waals surface area contributed by atoms with Crippen LogP contribution in [0, 0.1) is 5.92 Å². The quantitative estimate of drug-likeness (QED) is 0.781. The minimum Gasteiger partial charge on any atom is -0.355 e. The highest BCUT2D eigenvalue weighted by Crippen LogP contribution is 2.30. The molecule has 0 aliphatic carbocycles. The second kappa shape index (κ2) is 4.07. The van der Waals surface area contributed by atoms with Gasteiger partial charge in [0.1, 0.15) is 5.82 Å². The lowest BCUT2D eigenvalue weighted by Crippen LogP contribution is -2.20. The van der Waals surface area contributed by atoms with Gasteiger partial charge in [-0.1, -0.05) is 18.5 Å². The van der Waals surface area contributed by atoms with Crippen molar-refractivity contribution in [2.75, 3.05) is 18.0 Å². The van der Waals surface area contributed by atoms with E-state index in [0.717, 1.165) is 29.3 Å². The molecule has 1 saturated heterocycles. The van der Waals surface area contributed by atoms with E-state index in [9.17, 15) is 0 Å². The first kappa shape index (κ1) is 10.2. The Kier molecular flexibility index (Phi) is 2.98. The van der Waals surface area contributed by atoms with Gasteiger partial charge in [0.15, 0.2) is 0 Å². The molecular formula is C10H12BrClN2. The first-order chi connectivity index (χ1) is 6.66. The van der Waals surface area contributed by atoms with Crippen molar-refractivity contribution in [1.82, 2.24) is 4.98 Å².